The largest absolute Gasteiger partial charge is 0.462 e. The maximum Gasteiger partial charge on any atom is 0.339 e. The van der Waals surface area contributed by atoms with E-state index in [1.807, 2.05) is 49.6 Å². The minimum atomic E-state index is -0.308. The SMILES string of the molecule is CCCCO[C@@H](C)Cc1cc(C(=O)OCC)c(C)n1-c1ccc(C)cc1Cl. The first-order valence-corrected chi connectivity index (χ1v) is 10.0. The first-order valence-electron chi connectivity index (χ1n) is 9.65. The summed E-state index contributed by atoms with van der Waals surface area (Å²) in [5, 5.41) is 0.657. The van der Waals surface area contributed by atoms with E-state index in [4.69, 9.17) is 21.1 Å². The number of carbonyl (C=O) groups is 1. The Kier molecular flexibility index (Phi) is 7.93. The third-order valence-corrected chi connectivity index (χ3v) is 4.86. The third-order valence-electron chi connectivity index (χ3n) is 4.56. The number of hydrogen-bond acceptors (Lipinski definition) is 3. The summed E-state index contributed by atoms with van der Waals surface area (Å²) in [5.74, 6) is -0.308. The predicted octanol–water partition coefficient (Wildman–Crippen LogP) is 5.67. The fraction of sp³-hybridized carbons (Fsp3) is 0.500. The van der Waals surface area contributed by atoms with E-state index in [0.717, 1.165) is 42.1 Å². The molecular formula is C22H30ClNO3. The summed E-state index contributed by atoms with van der Waals surface area (Å²) in [6.07, 6.45) is 2.88. The highest BCUT2D eigenvalue weighted by Crippen LogP contribution is 2.29. The van der Waals surface area contributed by atoms with E-state index in [-0.39, 0.29) is 12.1 Å². The number of halogens is 1. The van der Waals surface area contributed by atoms with Crippen LogP contribution in [0.4, 0.5) is 0 Å². The van der Waals surface area contributed by atoms with Gasteiger partial charge in [0.05, 0.1) is 29.0 Å². The van der Waals surface area contributed by atoms with Crippen LogP contribution in [0.25, 0.3) is 5.69 Å². The molecule has 0 unspecified atom stereocenters. The molecule has 0 aliphatic rings. The van der Waals surface area contributed by atoms with Crippen molar-refractivity contribution in [2.24, 2.45) is 0 Å². The number of unbranched alkanes of at least 4 members (excludes halogenated alkanes) is 1. The molecule has 0 aliphatic carbocycles. The van der Waals surface area contributed by atoms with Crippen molar-refractivity contribution in [2.75, 3.05) is 13.2 Å². The second-order valence-corrected chi connectivity index (χ2v) is 7.29. The van der Waals surface area contributed by atoms with E-state index < -0.39 is 0 Å². The first-order chi connectivity index (χ1) is 12.9. The monoisotopic (exact) mass is 391 g/mol. The highest BCUT2D eigenvalue weighted by atomic mass is 35.5. The Labute approximate surface area is 167 Å². The van der Waals surface area contributed by atoms with Crippen molar-refractivity contribution < 1.29 is 14.3 Å². The van der Waals surface area contributed by atoms with Crippen LogP contribution < -0.4 is 0 Å². The van der Waals surface area contributed by atoms with Gasteiger partial charge in [-0.25, -0.2) is 4.79 Å². The minimum Gasteiger partial charge on any atom is -0.462 e. The summed E-state index contributed by atoms with van der Waals surface area (Å²) in [7, 11) is 0. The number of aryl methyl sites for hydroxylation is 1. The van der Waals surface area contributed by atoms with Crippen LogP contribution in [0.3, 0.4) is 0 Å². The van der Waals surface area contributed by atoms with Gasteiger partial charge < -0.3 is 14.0 Å². The Morgan fingerprint density at radius 1 is 1.22 bits per heavy atom. The highest BCUT2D eigenvalue weighted by molar-refractivity contribution is 6.32. The zero-order valence-electron chi connectivity index (χ0n) is 17.0. The lowest BCUT2D eigenvalue weighted by atomic mass is 10.2. The smallest absolute Gasteiger partial charge is 0.339 e. The number of hydrogen-bond donors (Lipinski definition) is 0. The quantitative estimate of drug-likeness (QED) is 0.408. The van der Waals surface area contributed by atoms with Gasteiger partial charge in [-0.1, -0.05) is 31.0 Å². The molecule has 1 heterocycles. The normalized spacial score (nSPS) is 12.2. The van der Waals surface area contributed by atoms with Gasteiger partial charge in [-0.05, 0) is 57.9 Å². The van der Waals surface area contributed by atoms with Crippen LogP contribution in [0.15, 0.2) is 24.3 Å². The summed E-state index contributed by atoms with van der Waals surface area (Å²) >= 11 is 6.53. The molecule has 27 heavy (non-hydrogen) atoms. The molecule has 0 fully saturated rings. The number of benzene rings is 1. The Morgan fingerprint density at radius 2 is 1.96 bits per heavy atom. The summed E-state index contributed by atoms with van der Waals surface area (Å²) < 4.78 is 13.2. The molecule has 2 rings (SSSR count). The van der Waals surface area contributed by atoms with Crippen LogP contribution in [0.2, 0.25) is 5.02 Å². The fourth-order valence-electron chi connectivity index (χ4n) is 3.15. The van der Waals surface area contributed by atoms with E-state index in [2.05, 4.69) is 13.8 Å². The molecule has 1 aromatic heterocycles. The van der Waals surface area contributed by atoms with Crippen molar-refractivity contribution in [2.45, 2.75) is 60.0 Å². The second-order valence-electron chi connectivity index (χ2n) is 6.88. The number of nitrogens with zero attached hydrogens (tertiary/aromatic N) is 1. The number of ether oxygens (including phenoxy) is 2. The predicted molar refractivity (Wildman–Crippen MR) is 110 cm³/mol. The number of rotatable bonds is 9. The minimum absolute atomic E-state index is 0.0452. The van der Waals surface area contributed by atoms with Gasteiger partial charge in [0.1, 0.15) is 0 Å². The zero-order chi connectivity index (χ0) is 20.0. The molecule has 0 saturated carbocycles. The molecule has 2 aromatic rings. The van der Waals surface area contributed by atoms with Crippen molar-refractivity contribution in [3.05, 3.63) is 51.8 Å². The van der Waals surface area contributed by atoms with Crippen molar-refractivity contribution in [1.82, 2.24) is 4.57 Å². The molecule has 0 N–H and O–H groups in total. The molecule has 148 valence electrons. The van der Waals surface area contributed by atoms with E-state index in [1.54, 1.807) is 0 Å². The molecule has 0 radical (unpaired) electrons. The van der Waals surface area contributed by atoms with E-state index in [0.29, 0.717) is 23.6 Å². The van der Waals surface area contributed by atoms with Gasteiger partial charge in [0, 0.05) is 24.4 Å². The molecule has 4 nitrogen and oxygen atoms in total. The van der Waals surface area contributed by atoms with Crippen molar-refractivity contribution in [3.8, 4) is 5.69 Å². The van der Waals surface area contributed by atoms with Crippen LogP contribution in [-0.4, -0.2) is 29.9 Å². The molecule has 1 aromatic carbocycles. The lowest BCUT2D eigenvalue weighted by molar-refractivity contribution is 0.0525. The Balaban J connectivity index is 2.43. The van der Waals surface area contributed by atoms with Crippen molar-refractivity contribution in [1.29, 1.82) is 0 Å². The van der Waals surface area contributed by atoms with Crippen LogP contribution in [0.1, 0.15) is 60.9 Å². The molecule has 0 amide bonds. The molecule has 0 aliphatic heterocycles. The van der Waals surface area contributed by atoms with Crippen LogP contribution in [0.5, 0.6) is 0 Å². The van der Waals surface area contributed by atoms with Crippen LogP contribution >= 0.6 is 11.6 Å². The number of aromatic nitrogens is 1. The topological polar surface area (TPSA) is 40.5 Å². The summed E-state index contributed by atoms with van der Waals surface area (Å²) in [5.41, 5.74) is 4.35. The van der Waals surface area contributed by atoms with Gasteiger partial charge in [0.25, 0.3) is 0 Å². The van der Waals surface area contributed by atoms with Gasteiger partial charge in [0.2, 0.25) is 0 Å². The number of carbonyl (C=O) groups excluding carboxylic acids is 1. The van der Waals surface area contributed by atoms with Gasteiger partial charge >= 0.3 is 5.97 Å². The van der Waals surface area contributed by atoms with E-state index in [1.165, 1.54) is 0 Å². The van der Waals surface area contributed by atoms with Gasteiger partial charge in [-0.2, -0.15) is 0 Å². The van der Waals surface area contributed by atoms with Crippen molar-refractivity contribution in [3.63, 3.8) is 0 Å². The first kappa shape index (κ1) is 21.5. The van der Waals surface area contributed by atoms with Gasteiger partial charge in [-0.15, -0.1) is 0 Å². The zero-order valence-corrected chi connectivity index (χ0v) is 17.7. The average Bonchev–Trinajstić information content (AvgIpc) is 2.92. The molecular weight excluding hydrogens is 362 g/mol. The maximum atomic E-state index is 12.4. The van der Waals surface area contributed by atoms with Crippen molar-refractivity contribution >= 4 is 17.6 Å². The van der Waals surface area contributed by atoms with Crippen LogP contribution in [-0.2, 0) is 15.9 Å². The molecule has 5 heteroatoms. The van der Waals surface area contributed by atoms with E-state index in [9.17, 15) is 4.79 Å². The molecule has 0 saturated heterocycles. The summed E-state index contributed by atoms with van der Waals surface area (Å²) in [4.78, 5) is 12.4. The average molecular weight is 392 g/mol. The van der Waals surface area contributed by atoms with Gasteiger partial charge in [0.15, 0.2) is 0 Å². The lowest BCUT2D eigenvalue weighted by Gasteiger charge is -2.17. The fourth-order valence-corrected chi connectivity index (χ4v) is 3.47. The lowest BCUT2D eigenvalue weighted by Crippen LogP contribution is -2.15. The Morgan fingerprint density at radius 3 is 2.59 bits per heavy atom. The third kappa shape index (κ3) is 5.36. The van der Waals surface area contributed by atoms with Gasteiger partial charge in [-0.3, -0.25) is 0 Å². The summed E-state index contributed by atoms with van der Waals surface area (Å²) in [6.45, 7) is 11.0. The highest BCUT2D eigenvalue weighted by Gasteiger charge is 2.22. The molecule has 0 bridgehead atoms. The molecule has 0 spiro atoms. The standard InChI is InChI=1S/C22H30ClNO3/c1-6-8-11-27-16(4)13-18-14-19(22(25)26-7-2)17(5)24(18)21-10-9-15(3)12-20(21)23/h9-10,12,14,16H,6-8,11,13H2,1-5H3/t16-/m0/s1. The Bertz CT molecular complexity index is 782. The number of esters is 1. The van der Waals surface area contributed by atoms with E-state index >= 15 is 0 Å². The van der Waals surface area contributed by atoms with Crippen LogP contribution in [0, 0.1) is 13.8 Å². The second kappa shape index (κ2) is 9.95. The summed E-state index contributed by atoms with van der Waals surface area (Å²) in [6, 6.07) is 7.86. The Hall–Kier alpha value is -1.78. The maximum absolute atomic E-state index is 12.4. The molecule has 1 atom stereocenters.